The maximum atomic E-state index is 5.97. The van der Waals surface area contributed by atoms with Crippen molar-refractivity contribution in [1.29, 1.82) is 0 Å². The minimum absolute atomic E-state index is 0. The Morgan fingerprint density at radius 2 is 2.11 bits per heavy atom. The minimum atomic E-state index is 0. The van der Waals surface area contributed by atoms with Gasteiger partial charge in [-0.2, -0.15) is 5.10 Å². The van der Waals surface area contributed by atoms with Crippen molar-refractivity contribution < 1.29 is 4.74 Å². The molecule has 1 aromatic heterocycles. The Morgan fingerprint density at radius 1 is 1.33 bits per heavy atom. The Labute approximate surface area is 178 Å². The summed E-state index contributed by atoms with van der Waals surface area (Å²) in [5.74, 6) is 2.25. The molecule has 0 bridgehead atoms. The number of nitrogens with one attached hydrogen (secondary N) is 2. The normalized spacial score (nSPS) is 16.9. The molecule has 0 radical (unpaired) electrons. The number of halogens is 1. The number of guanidine groups is 1. The number of nitrogens with zero attached hydrogens (tertiary/aromatic N) is 3. The van der Waals surface area contributed by atoms with Crippen LogP contribution in [0.4, 0.5) is 0 Å². The van der Waals surface area contributed by atoms with Crippen LogP contribution in [0.15, 0.2) is 35.3 Å². The summed E-state index contributed by atoms with van der Waals surface area (Å²) in [6.07, 6.45) is 1.09. The molecule has 2 atom stereocenters. The molecule has 2 heterocycles. The second-order valence-electron chi connectivity index (χ2n) is 7.10. The van der Waals surface area contributed by atoms with Crippen molar-refractivity contribution in [3.63, 3.8) is 0 Å². The summed E-state index contributed by atoms with van der Waals surface area (Å²) in [4.78, 5) is 4.32. The van der Waals surface area contributed by atoms with E-state index in [9.17, 15) is 0 Å². The molecule has 2 aromatic rings. The summed E-state index contributed by atoms with van der Waals surface area (Å²) in [6, 6.07) is 10.3. The molecule has 0 saturated heterocycles. The molecule has 1 aromatic carbocycles. The molecule has 27 heavy (non-hydrogen) atoms. The van der Waals surface area contributed by atoms with Crippen molar-refractivity contribution in [2.45, 2.75) is 39.8 Å². The van der Waals surface area contributed by atoms with Crippen LogP contribution in [0.3, 0.4) is 0 Å². The van der Waals surface area contributed by atoms with E-state index >= 15 is 0 Å². The highest BCUT2D eigenvalue weighted by Gasteiger charge is 2.22. The first-order valence-corrected chi connectivity index (χ1v) is 9.25. The van der Waals surface area contributed by atoms with Gasteiger partial charge >= 0.3 is 0 Å². The lowest BCUT2D eigenvalue weighted by Gasteiger charge is -2.18. The summed E-state index contributed by atoms with van der Waals surface area (Å²) in [7, 11) is 1.80. The van der Waals surface area contributed by atoms with E-state index in [1.807, 2.05) is 19.1 Å². The summed E-state index contributed by atoms with van der Waals surface area (Å²) in [5, 5.41) is 11.3. The number of para-hydroxylation sites is 1. The van der Waals surface area contributed by atoms with Crippen molar-refractivity contribution >= 4 is 29.9 Å². The molecule has 1 aliphatic heterocycles. The van der Waals surface area contributed by atoms with Crippen LogP contribution in [-0.4, -0.2) is 42.0 Å². The number of ether oxygens (including phenoxy) is 1. The van der Waals surface area contributed by atoms with E-state index in [0.717, 1.165) is 43.5 Å². The monoisotopic (exact) mass is 483 g/mol. The largest absolute Gasteiger partial charge is 0.488 e. The molecule has 2 N–H and O–H groups in total. The topological polar surface area (TPSA) is 63.5 Å². The minimum Gasteiger partial charge on any atom is -0.488 e. The fourth-order valence-electron chi connectivity index (χ4n) is 3.29. The van der Waals surface area contributed by atoms with Crippen LogP contribution in [0.1, 0.15) is 23.9 Å². The molecule has 2 unspecified atom stereocenters. The Balaban J connectivity index is 0.00000261. The first kappa shape index (κ1) is 21.5. The molecule has 0 amide bonds. The Kier molecular flexibility index (Phi) is 7.94. The number of aromatic nitrogens is 2. The van der Waals surface area contributed by atoms with Gasteiger partial charge in [-0.05, 0) is 37.5 Å². The molecular weight excluding hydrogens is 453 g/mol. The molecule has 0 saturated carbocycles. The highest BCUT2D eigenvalue weighted by molar-refractivity contribution is 14.0. The van der Waals surface area contributed by atoms with E-state index in [-0.39, 0.29) is 30.1 Å². The SMILES string of the molecule is CN=C(NCC(C)Cn1nc(C)cc1C)NCC1Cc2ccccc2O1.I. The van der Waals surface area contributed by atoms with Crippen molar-refractivity contribution in [3.8, 4) is 5.75 Å². The molecule has 0 fully saturated rings. The second-order valence-corrected chi connectivity index (χ2v) is 7.10. The average Bonchev–Trinajstić information content (AvgIpc) is 3.17. The fourth-order valence-corrected chi connectivity index (χ4v) is 3.29. The molecule has 148 valence electrons. The van der Waals surface area contributed by atoms with E-state index in [1.54, 1.807) is 7.05 Å². The predicted molar refractivity (Wildman–Crippen MR) is 120 cm³/mol. The van der Waals surface area contributed by atoms with Gasteiger partial charge in [-0.25, -0.2) is 0 Å². The van der Waals surface area contributed by atoms with Gasteiger partial charge in [0.2, 0.25) is 0 Å². The number of hydrogen-bond donors (Lipinski definition) is 2. The number of hydrogen-bond acceptors (Lipinski definition) is 3. The quantitative estimate of drug-likeness (QED) is 0.377. The van der Waals surface area contributed by atoms with Gasteiger partial charge < -0.3 is 15.4 Å². The zero-order valence-corrected chi connectivity index (χ0v) is 18.9. The van der Waals surface area contributed by atoms with E-state index < -0.39 is 0 Å². The lowest BCUT2D eigenvalue weighted by molar-refractivity contribution is 0.235. The maximum Gasteiger partial charge on any atom is 0.191 e. The first-order valence-electron chi connectivity index (χ1n) is 9.25. The van der Waals surface area contributed by atoms with Crippen LogP contribution >= 0.6 is 24.0 Å². The highest BCUT2D eigenvalue weighted by atomic mass is 127. The fraction of sp³-hybridized carbons (Fsp3) is 0.500. The van der Waals surface area contributed by atoms with Gasteiger partial charge in [0, 0.05) is 32.3 Å². The predicted octanol–water partition coefficient (Wildman–Crippen LogP) is 2.92. The number of fused-ring (bicyclic) bond motifs is 1. The molecule has 6 nitrogen and oxygen atoms in total. The standard InChI is InChI=1S/C20H29N5O.HI/c1-14(13-25-16(3)9-15(2)24-25)11-22-20(21-4)23-12-18-10-17-7-5-6-8-19(17)26-18;/h5-9,14,18H,10-13H2,1-4H3,(H2,21,22,23);1H. The van der Waals surface area contributed by atoms with Gasteiger partial charge in [-0.3, -0.25) is 9.67 Å². The van der Waals surface area contributed by atoms with Gasteiger partial charge in [-0.1, -0.05) is 25.1 Å². The number of aryl methyl sites for hydroxylation is 2. The zero-order chi connectivity index (χ0) is 18.5. The van der Waals surface area contributed by atoms with Gasteiger partial charge in [0.25, 0.3) is 0 Å². The molecule has 0 aliphatic carbocycles. The second kappa shape index (κ2) is 9.96. The average molecular weight is 483 g/mol. The van der Waals surface area contributed by atoms with Crippen LogP contribution in [-0.2, 0) is 13.0 Å². The van der Waals surface area contributed by atoms with E-state index in [1.165, 1.54) is 11.3 Å². The molecule has 7 heteroatoms. The van der Waals surface area contributed by atoms with Crippen molar-refractivity contribution in [1.82, 2.24) is 20.4 Å². The van der Waals surface area contributed by atoms with Crippen LogP contribution in [0, 0.1) is 19.8 Å². The highest BCUT2D eigenvalue weighted by Crippen LogP contribution is 2.27. The van der Waals surface area contributed by atoms with Crippen LogP contribution < -0.4 is 15.4 Å². The van der Waals surface area contributed by atoms with Gasteiger partial charge in [0.05, 0.1) is 12.2 Å². The van der Waals surface area contributed by atoms with Gasteiger partial charge in [0.1, 0.15) is 11.9 Å². The Hall–Kier alpha value is -1.77. The van der Waals surface area contributed by atoms with Crippen LogP contribution in [0.5, 0.6) is 5.75 Å². The lowest BCUT2D eigenvalue weighted by Crippen LogP contribution is -2.43. The van der Waals surface area contributed by atoms with Crippen molar-refractivity contribution in [3.05, 3.63) is 47.3 Å². The molecular formula is C20H30IN5O. The van der Waals surface area contributed by atoms with Crippen molar-refractivity contribution in [2.75, 3.05) is 20.1 Å². The number of benzene rings is 1. The zero-order valence-electron chi connectivity index (χ0n) is 16.5. The smallest absolute Gasteiger partial charge is 0.191 e. The van der Waals surface area contributed by atoms with E-state index in [0.29, 0.717) is 5.92 Å². The van der Waals surface area contributed by atoms with E-state index in [2.05, 4.69) is 57.5 Å². The number of aliphatic imine (C=N–C) groups is 1. The first-order chi connectivity index (χ1) is 12.5. The number of rotatable bonds is 6. The lowest BCUT2D eigenvalue weighted by atomic mass is 10.1. The summed E-state index contributed by atoms with van der Waals surface area (Å²) in [5.41, 5.74) is 3.55. The Bertz CT molecular complexity index is 748. The third-order valence-corrected chi connectivity index (χ3v) is 4.64. The van der Waals surface area contributed by atoms with Gasteiger partial charge in [-0.15, -0.1) is 24.0 Å². The molecule has 3 rings (SSSR count). The van der Waals surface area contributed by atoms with Gasteiger partial charge in [0.15, 0.2) is 5.96 Å². The van der Waals surface area contributed by atoms with Crippen LogP contribution in [0.2, 0.25) is 0 Å². The van der Waals surface area contributed by atoms with Crippen molar-refractivity contribution in [2.24, 2.45) is 10.9 Å². The molecule has 0 spiro atoms. The van der Waals surface area contributed by atoms with E-state index in [4.69, 9.17) is 4.74 Å². The Morgan fingerprint density at radius 3 is 2.78 bits per heavy atom. The third kappa shape index (κ3) is 5.85. The molecule has 1 aliphatic rings. The van der Waals surface area contributed by atoms with Crippen LogP contribution in [0.25, 0.3) is 0 Å². The maximum absolute atomic E-state index is 5.97. The third-order valence-electron chi connectivity index (χ3n) is 4.64. The summed E-state index contributed by atoms with van der Waals surface area (Å²) < 4.78 is 8.04. The summed E-state index contributed by atoms with van der Waals surface area (Å²) in [6.45, 7) is 8.81. The summed E-state index contributed by atoms with van der Waals surface area (Å²) >= 11 is 0.